The highest BCUT2D eigenvalue weighted by Crippen LogP contribution is 2.30. The van der Waals surface area contributed by atoms with E-state index >= 15 is 0 Å². The molecule has 0 aliphatic carbocycles. The van der Waals surface area contributed by atoms with Crippen LogP contribution in [0.15, 0.2) is 36.5 Å². The van der Waals surface area contributed by atoms with Crippen molar-refractivity contribution in [3.8, 4) is 11.5 Å². The number of rotatable bonds is 5. The second-order valence-electron chi connectivity index (χ2n) is 5.64. The zero-order valence-electron chi connectivity index (χ0n) is 14.0. The Morgan fingerprint density at radius 1 is 1.23 bits per heavy atom. The standard InChI is InChI=1S/C18H17ClN2O5/c1-11(18(23)21-16-5-3-13(19)10-20-16)26-17(22)9-12-2-4-14-15(8-12)25-7-6-24-14/h2-5,8,10-11H,6-7,9H2,1H3,(H,20,21,23)/t11-/m1/s1. The molecule has 1 atom stereocenters. The minimum absolute atomic E-state index is 0.0213. The van der Waals surface area contributed by atoms with E-state index in [9.17, 15) is 9.59 Å². The SMILES string of the molecule is C[C@@H](OC(=O)Cc1ccc2c(c1)OCCO2)C(=O)Nc1ccc(Cl)cn1. The number of carbonyl (C=O) groups is 2. The Kier molecular flexibility index (Phi) is 5.58. The highest BCUT2D eigenvalue weighted by molar-refractivity contribution is 6.30. The fraction of sp³-hybridized carbons (Fsp3) is 0.278. The molecule has 1 aromatic heterocycles. The maximum atomic E-state index is 12.1. The van der Waals surface area contributed by atoms with Gasteiger partial charge in [0.25, 0.3) is 5.91 Å². The van der Waals surface area contributed by atoms with Crippen LogP contribution in [-0.4, -0.2) is 36.2 Å². The Morgan fingerprint density at radius 3 is 2.73 bits per heavy atom. The van der Waals surface area contributed by atoms with Gasteiger partial charge in [0.1, 0.15) is 19.0 Å². The molecule has 0 saturated carbocycles. The number of pyridine rings is 1. The Morgan fingerprint density at radius 2 is 2.00 bits per heavy atom. The molecule has 26 heavy (non-hydrogen) atoms. The molecule has 3 rings (SSSR count). The first-order chi connectivity index (χ1) is 12.5. The first-order valence-electron chi connectivity index (χ1n) is 8.01. The second kappa shape index (κ2) is 8.05. The molecule has 136 valence electrons. The summed E-state index contributed by atoms with van der Waals surface area (Å²) in [5, 5.41) is 3.02. The summed E-state index contributed by atoms with van der Waals surface area (Å²) in [5.74, 6) is 0.579. The minimum atomic E-state index is -0.961. The predicted molar refractivity (Wildman–Crippen MR) is 94.6 cm³/mol. The summed E-state index contributed by atoms with van der Waals surface area (Å²) in [6, 6.07) is 8.40. The van der Waals surface area contributed by atoms with Crippen molar-refractivity contribution in [2.24, 2.45) is 0 Å². The maximum absolute atomic E-state index is 12.1. The number of ether oxygens (including phenoxy) is 3. The van der Waals surface area contributed by atoms with E-state index in [-0.39, 0.29) is 6.42 Å². The number of anilines is 1. The normalized spacial score (nSPS) is 13.6. The van der Waals surface area contributed by atoms with Gasteiger partial charge in [0, 0.05) is 6.20 Å². The van der Waals surface area contributed by atoms with Gasteiger partial charge in [0.05, 0.1) is 11.4 Å². The molecule has 1 aromatic carbocycles. The minimum Gasteiger partial charge on any atom is -0.486 e. The van der Waals surface area contributed by atoms with Crippen LogP contribution in [0.4, 0.5) is 5.82 Å². The van der Waals surface area contributed by atoms with E-state index in [1.165, 1.54) is 13.1 Å². The first-order valence-corrected chi connectivity index (χ1v) is 8.39. The van der Waals surface area contributed by atoms with Crippen LogP contribution in [0.5, 0.6) is 11.5 Å². The molecule has 0 unspecified atom stereocenters. The number of nitrogens with zero attached hydrogens (tertiary/aromatic N) is 1. The molecule has 1 amide bonds. The lowest BCUT2D eigenvalue weighted by molar-refractivity contribution is -0.152. The van der Waals surface area contributed by atoms with E-state index in [1.807, 2.05) is 0 Å². The van der Waals surface area contributed by atoms with Gasteiger partial charge in [-0.25, -0.2) is 4.98 Å². The number of hydrogen-bond donors (Lipinski definition) is 1. The van der Waals surface area contributed by atoms with Crippen molar-refractivity contribution in [2.75, 3.05) is 18.5 Å². The van der Waals surface area contributed by atoms with Crippen molar-refractivity contribution in [1.29, 1.82) is 0 Å². The second-order valence-corrected chi connectivity index (χ2v) is 6.07. The first kappa shape index (κ1) is 18.0. The smallest absolute Gasteiger partial charge is 0.311 e. The molecule has 1 N–H and O–H groups in total. The van der Waals surface area contributed by atoms with Crippen LogP contribution in [0.1, 0.15) is 12.5 Å². The van der Waals surface area contributed by atoms with Crippen molar-refractivity contribution in [1.82, 2.24) is 4.98 Å². The number of carbonyl (C=O) groups excluding carboxylic acids is 2. The molecule has 2 heterocycles. The Hall–Kier alpha value is -2.80. The fourth-order valence-electron chi connectivity index (χ4n) is 2.33. The van der Waals surface area contributed by atoms with Crippen molar-refractivity contribution in [2.45, 2.75) is 19.4 Å². The van der Waals surface area contributed by atoms with Gasteiger partial charge in [-0.2, -0.15) is 0 Å². The lowest BCUT2D eigenvalue weighted by Gasteiger charge is -2.19. The molecule has 0 saturated heterocycles. The third kappa shape index (κ3) is 4.64. The zero-order chi connectivity index (χ0) is 18.5. The maximum Gasteiger partial charge on any atom is 0.311 e. The van der Waals surface area contributed by atoms with Crippen LogP contribution in [-0.2, 0) is 20.7 Å². The van der Waals surface area contributed by atoms with Gasteiger partial charge >= 0.3 is 5.97 Å². The van der Waals surface area contributed by atoms with Crippen LogP contribution in [0.25, 0.3) is 0 Å². The molecule has 7 nitrogen and oxygen atoms in total. The Balaban J connectivity index is 1.53. The summed E-state index contributed by atoms with van der Waals surface area (Å²) >= 11 is 5.74. The number of esters is 1. The summed E-state index contributed by atoms with van der Waals surface area (Å²) in [6.07, 6.45) is 0.473. The van der Waals surface area contributed by atoms with Gasteiger partial charge in [0.15, 0.2) is 17.6 Å². The van der Waals surface area contributed by atoms with E-state index in [0.717, 1.165) is 0 Å². The van der Waals surface area contributed by atoms with Gasteiger partial charge in [0.2, 0.25) is 0 Å². The van der Waals surface area contributed by atoms with Crippen LogP contribution >= 0.6 is 11.6 Å². The van der Waals surface area contributed by atoms with Gasteiger partial charge in [-0.1, -0.05) is 17.7 Å². The summed E-state index contributed by atoms with van der Waals surface area (Å²) in [5.41, 5.74) is 0.714. The number of fused-ring (bicyclic) bond motifs is 1. The molecule has 0 fully saturated rings. The fourth-order valence-corrected chi connectivity index (χ4v) is 2.45. The van der Waals surface area contributed by atoms with Crippen LogP contribution < -0.4 is 14.8 Å². The van der Waals surface area contributed by atoms with Gasteiger partial charge in [-0.3, -0.25) is 9.59 Å². The lowest BCUT2D eigenvalue weighted by atomic mass is 10.1. The number of amides is 1. The lowest BCUT2D eigenvalue weighted by Crippen LogP contribution is -2.30. The van der Waals surface area contributed by atoms with Crippen LogP contribution in [0.3, 0.4) is 0 Å². The van der Waals surface area contributed by atoms with E-state index in [1.54, 1.807) is 30.3 Å². The Labute approximate surface area is 155 Å². The number of halogens is 1. The van der Waals surface area contributed by atoms with E-state index in [0.29, 0.717) is 41.1 Å². The van der Waals surface area contributed by atoms with E-state index in [2.05, 4.69) is 10.3 Å². The number of hydrogen-bond acceptors (Lipinski definition) is 6. The highest BCUT2D eigenvalue weighted by Gasteiger charge is 2.19. The third-order valence-corrected chi connectivity index (χ3v) is 3.83. The molecule has 8 heteroatoms. The number of benzene rings is 1. The number of nitrogens with one attached hydrogen (secondary N) is 1. The molecule has 2 aromatic rings. The van der Waals surface area contributed by atoms with Crippen molar-refractivity contribution in [3.63, 3.8) is 0 Å². The van der Waals surface area contributed by atoms with Crippen LogP contribution in [0.2, 0.25) is 5.02 Å². The summed E-state index contributed by atoms with van der Waals surface area (Å²) in [6.45, 7) is 2.47. The summed E-state index contributed by atoms with van der Waals surface area (Å²) in [7, 11) is 0. The largest absolute Gasteiger partial charge is 0.486 e. The van der Waals surface area contributed by atoms with E-state index < -0.39 is 18.0 Å². The number of aromatic nitrogens is 1. The molecular formula is C18H17ClN2O5. The molecular weight excluding hydrogens is 360 g/mol. The monoisotopic (exact) mass is 376 g/mol. The molecule has 0 spiro atoms. The summed E-state index contributed by atoms with van der Waals surface area (Å²) in [4.78, 5) is 28.1. The van der Waals surface area contributed by atoms with Crippen molar-refractivity contribution < 1.29 is 23.8 Å². The van der Waals surface area contributed by atoms with Gasteiger partial charge in [-0.05, 0) is 36.8 Å². The molecule has 0 bridgehead atoms. The quantitative estimate of drug-likeness (QED) is 0.807. The van der Waals surface area contributed by atoms with Crippen molar-refractivity contribution >= 4 is 29.3 Å². The third-order valence-electron chi connectivity index (χ3n) is 3.61. The molecule has 1 aliphatic rings. The molecule has 1 aliphatic heterocycles. The van der Waals surface area contributed by atoms with Gasteiger partial charge in [-0.15, -0.1) is 0 Å². The van der Waals surface area contributed by atoms with Crippen molar-refractivity contribution in [3.05, 3.63) is 47.1 Å². The predicted octanol–water partition coefficient (Wildman–Crippen LogP) is 2.62. The Bertz CT molecular complexity index is 810. The van der Waals surface area contributed by atoms with Crippen LogP contribution in [0, 0.1) is 0 Å². The van der Waals surface area contributed by atoms with E-state index in [4.69, 9.17) is 25.8 Å². The zero-order valence-corrected chi connectivity index (χ0v) is 14.8. The average molecular weight is 377 g/mol. The van der Waals surface area contributed by atoms with Gasteiger partial charge < -0.3 is 19.5 Å². The topological polar surface area (TPSA) is 86.8 Å². The highest BCUT2D eigenvalue weighted by atomic mass is 35.5. The summed E-state index contributed by atoms with van der Waals surface area (Å²) < 4.78 is 16.1. The average Bonchev–Trinajstić information content (AvgIpc) is 2.63. The molecule has 0 radical (unpaired) electrons.